The molecule has 0 aliphatic carbocycles. The smallest absolute Gasteiger partial charge is 0.151 e. The van der Waals surface area contributed by atoms with Gasteiger partial charge in [-0.2, -0.15) is 0 Å². The first-order valence-electron chi connectivity index (χ1n) is 7.23. The molecule has 0 bridgehead atoms. The van der Waals surface area contributed by atoms with E-state index >= 15 is 0 Å². The fourth-order valence-electron chi connectivity index (χ4n) is 2.40. The Morgan fingerprint density at radius 1 is 1.47 bits per heavy atom. The lowest BCUT2D eigenvalue weighted by molar-refractivity contribution is -0.00360. The van der Waals surface area contributed by atoms with Gasteiger partial charge < -0.3 is 14.6 Å². The third-order valence-corrected chi connectivity index (χ3v) is 3.38. The van der Waals surface area contributed by atoms with E-state index < -0.39 is 0 Å². The van der Waals surface area contributed by atoms with Gasteiger partial charge >= 0.3 is 0 Å². The fraction of sp³-hybridized carbons (Fsp3) is 0.786. The zero-order valence-electron chi connectivity index (χ0n) is 12.0. The Morgan fingerprint density at radius 2 is 2.37 bits per heavy atom. The Bertz CT molecular complexity index is 361. The predicted molar refractivity (Wildman–Crippen MR) is 73.8 cm³/mol. The number of likely N-dealkylation sites (N-methyl/N-ethyl adjacent to an activating group) is 1. The van der Waals surface area contributed by atoms with Crippen LogP contribution in [0.15, 0.2) is 10.6 Å². The normalized spacial score (nSPS) is 20.1. The summed E-state index contributed by atoms with van der Waals surface area (Å²) < 4.78 is 11.1. The molecule has 0 spiro atoms. The summed E-state index contributed by atoms with van der Waals surface area (Å²) in [6.07, 6.45) is 4.04. The molecule has 1 aromatic rings. The largest absolute Gasteiger partial charge is 0.377 e. The predicted octanol–water partition coefficient (Wildman–Crippen LogP) is 1.78. The van der Waals surface area contributed by atoms with Crippen molar-refractivity contribution in [1.29, 1.82) is 0 Å². The minimum absolute atomic E-state index is 0.378. The van der Waals surface area contributed by atoms with Crippen LogP contribution in [0.4, 0.5) is 0 Å². The summed E-state index contributed by atoms with van der Waals surface area (Å²) in [4.78, 5) is 2.24. The fourth-order valence-corrected chi connectivity index (χ4v) is 2.40. The number of hydrogen-bond donors (Lipinski definition) is 1. The lowest BCUT2D eigenvalue weighted by atomic mass is 10.1. The van der Waals surface area contributed by atoms with Crippen LogP contribution in [-0.2, 0) is 17.8 Å². The van der Waals surface area contributed by atoms with Crippen LogP contribution in [0.2, 0.25) is 0 Å². The number of rotatable bonds is 7. The summed E-state index contributed by atoms with van der Waals surface area (Å²) in [5.41, 5.74) is 0.971. The van der Waals surface area contributed by atoms with Crippen LogP contribution in [-0.4, -0.2) is 42.9 Å². The summed E-state index contributed by atoms with van der Waals surface area (Å²) in [6.45, 7) is 6.46. The number of nitrogens with one attached hydrogen (secondary N) is 1. The topological polar surface area (TPSA) is 50.5 Å². The molecule has 1 aromatic heterocycles. The molecule has 1 fully saturated rings. The van der Waals surface area contributed by atoms with Gasteiger partial charge in [0.1, 0.15) is 0 Å². The number of ether oxygens (including phenoxy) is 1. The maximum Gasteiger partial charge on any atom is 0.151 e. The maximum atomic E-state index is 5.75. The maximum absolute atomic E-state index is 5.75. The summed E-state index contributed by atoms with van der Waals surface area (Å²) in [7, 11) is 2.10. The van der Waals surface area contributed by atoms with E-state index in [1.165, 1.54) is 19.3 Å². The average Bonchev–Trinajstić information content (AvgIpc) is 2.85. The molecule has 108 valence electrons. The molecule has 1 saturated heterocycles. The van der Waals surface area contributed by atoms with Gasteiger partial charge in [-0.05, 0) is 32.9 Å². The van der Waals surface area contributed by atoms with Crippen molar-refractivity contribution >= 4 is 0 Å². The van der Waals surface area contributed by atoms with Gasteiger partial charge in [-0.15, -0.1) is 0 Å². The van der Waals surface area contributed by atoms with Crippen molar-refractivity contribution in [1.82, 2.24) is 15.4 Å². The molecule has 1 atom stereocenters. The highest BCUT2D eigenvalue weighted by Gasteiger charge is 2.16. The average molecular weight is 267 g/mol. The summed E-state index contributed by atoms with van der Waals surface area (Å²) >= 11 is 0. The molecule has 1 N–H and O–H groups in total. The highest BCUT2D eigenvalue weighted by molar-refractivity contribution is 5.05. The Morgan fingerprint density at radius 3 is 3.11 bits per heavy atom. The zero-order chi connectivity index (χ0) is 13.5. The number of aromatic nitrogens is 1. The van der Waals surface area contributed by atoms with Crippen molar-refractivity contribution in [3.8, 4) is 0 Å². The minimum atomic E-state index is 0.378. The lowest BCUT2D eigenvalue weighted by Crippen LogP contribution is -2.32. The van der Waals surface area contributed by atoms with Gasteiger partial charge in [0.15, 0.2) is 5.76 Å². The standard InChI is InChI=1S/C14H25N3O2/c1-3-15-9-12-8-14(19-16-12)11-17(2)10-13-6-4-5-7-18-13/h8,13,15H,3-7,9-11H2,1-2H3. The van der Waals surface area contributed by atoms with Crippen LogP contribution < -0.4 is 5.32 Å². The molecule has 19 heavy (non-hydrogen) atoms. The van der Waals surface area contributed by atoms with Gasteiger partial charge in [0.2, 0.25) is 0 Å². The first kappa shape index (κ1) is 14.5. The Balaban J connectivity index is 1.74. The number of hydrogen-bond acceptors (Lipinski definition) is 5. The molecule has 5 nitrogen and oxygen atoms in total. The van der Waals surface area contributed by atoms with E-state index in [0.29, 0.717) is 6.10 Å². The molecular formula is C14H25N3O2. The van der Waals surface area contributed by atoms with Crippen molar-refractivity contribution in [2.45, 2.75) is 45.4 Å². The summed E-state index contributed by atoms with van der Waals surface area (Å²) in [6, 6.07) is 2.03. The molecule has 1 aliphatic heterocycles. The van der Waals surface area contributed by atoms with E-state index in [0.717, 1.165) is 44.2 Å². The van der Waals surface area contributed by atoms with Crippen molar-refractivity contribution in [3.05, 3.63) is 17.5 Å². The lowest BCUT2D eigenvalue weighted by Gasteiger charge is -2.26. The van der Waals surface area contributed by atoms with Gasteiger partial charge in [0.05, 0.1) is 18.3 Å². The van der Waals surface area contributed by atoms with Crippen molar-refractivity contribution < 1.29 is 9.26 Å². The first-order chi connectivity index (χ1) is 9.28. The van der Waals surface area contributed by atoms with Gasteiger partial charge in [-0.1, -0.05) is 12.1 Å². The second kappa shape index (κ2) is 7.62. The minimum Gasteiger partial charge on any atom is -0.377 e. The van der Waals surface area contributed by atoms with E-state index in [4.69, 9.17) is 9.26 Å². The summed E-state index contributed by atoms with van der Waals surface area (Å²) in [5.74, 6) is 0.922. The molecule has 0 amide bonds. The molecule has 2 rings (SSSR count). The van der Waals surface area contributed by atoms with Crippen LogP contribution in [0, 0.1) is 0 Å². The SMILES string of the molecule is CCNCc1cc(CN(C)CC2CCCCO2)on1. The highest BCUT2D eigenvalue weighted by atomic mass is 16.5. The van der Waals surface area contributed by atoms with Gasteiger partial charge in [-0.25, -0.2) is 0 Å². The molecule has 2 heterocycles. The van der Waals surface area contributed by atoms with E-state index in [-0.39, 0.29) is 0 Å². The van der Waals surface area contributed by atoms with Crippen molar-refractivity contribution in [3.63, 3.8) is 0 Å². The molecule has 1 unspecified atom stereocenters. The second-order valence-corrected chi connectivity index (χ2v) is 5.25. The Labute approximate surface area is 115 Å². The van der Waals surface area contributed by atoms with Gasteiger partial charge in [-0.3, -0.25) is 4.90 Å². The van der Waals surface area contributed by atoms with Crippen molar-refractivity contribution in [2.75, 3.05) is 26.7 Å². The van der Waals surface area contributed by atoms with E-state index in [1.54, 1.807) is 0 Å². The van der Waals surface area contributed by atoms with Crippen molar-refractivity contribution in [2.24, 2.45) is 0 Å². The van der Waals surface area contributed by atoms with Gasteiger partial charge in [0, 0.05) is 25.8 Å². The zero-order valence-corrected chi connectivity index (χ0v) is 12.0. The molecule has 0 radical (unpaired) electrons. The first-order valence-corrected chi connectivity index (χ1v) is 7.23. The third-order valence-electron chi connectivity index (χ3n) is 3.38. The highest BCUT2D eigenvalue weighted by Crippen LogP contribution is 2.14. The molecular weight excluding hydrogens is 242 g/mol. The van der Waals surface area contributed by atoms with E-state index in [9.17, 15) is 0 Å². The monoisotopic (exact) mass is 267 g/mol. The third kappa shape index (κ3) is 4.93. The van der Waals surface area contributed by atoms with E-state index in [1.807, 2.05) is 6.07 Å². The molecule has 5 heteroatoms. The summed E-state index contributed by atoms with van der Waals surface area (Å²) in [5, 5.41) is 7.30. The van der Waals surface area contributed by atoms with Crippen LogP contribution in [0.1, 0.15) is 37.6 Å². The van der Waals surface area contributed by atoms with Gasteiger partial charge in [0.25, 0.3) is 0 Å². The van der Waals surface area contributed by atoms with Crippen LogP contribution in [0.25, 0.3) is 0 Å². The van der Waals surface area contributed by atoms with E-state index in [2.05, 4.69) is 29.3 Å². The Hall–Kier alpha value is -0.910. The molecule has 0 saturated carbocycles. The van der Waals surface area contributed by atoms with Crippen LogP contribution in [0.3, 0.4) is 0 Å². The second-order valence-electron chi connectivity index (χ2n) is 5.25. The molecule has 1 aliphatic rings. The quantitative estimate of drug-likeness (QED) is 0.816. The Kier molecular flexibility index (Phi) is 5.82. The van der Waals surface area contributed by atoms with Crippen LogP contribution >= 0.6 is 0 Å². The molecule has 0 aromatic carbocycles. The van der Waals surface area contributed by atoms with Crippen LogP contribution in [0.5, 0.6) is 0 Å². The number of nitrogens with zero attached hydrogens (tertiary/aromatic N) is 2.